The van der Waals surface area contributed by atoms with Gasteiger partial charge in [-0.1, -0.05) is 38.1 Å². The summed E-state index contributed by atoms with van der Waals surface area (Å²) in [4.78, 5) is 45.6. The molecule has 38 heavy (non-hydrogen) atoms. The number of hydrogen-bond donors (Lipinski definition) is 1. The lowest BCUT2D eigenvalue weighted by Crippen LogP contribution is -2.58. The largest absolute Gasteiger partial charge is 0.465 e. The van der Waals surface area contributed by atoms with E-state index in [0.717, 1.165) is 23.2 Å². The molecule has 2 unspecified atom stereocenters. The minimum Gasteiger partial charge on any atom is -0.465 e. The van der Waals surface area contributed by atoms with E-state index in [0.29, 0.717) is 12.8 Å². The van der Waals surface area contributed by atoms with Gasteiger partial charge in [0.1, 0.15) is 6.04 Å². The maximum atomic E-state index is 14.7. The van der Waals surface area contributed by atoms with Gasteiger partial charge in [-0.05, 0) is 56.2 Å². The van der Waals surface area contributed by atoms with Crippen molar-refractivity contribution >= 4 is 35.2 Å². The van der Waals surface area contributed by atoms with Crippen LogP contribution in [-0.2, 0) is 19.1 Å². The Hall–Kier alpha value is -2.58. The lowest BCUT2D eigenvalue weighted by atomic mass is 9.71. The van der Waals surface area contributed by atoms with Crippen LogP contribution in [0.1, 0.15) is 44.2 Å². The number of anilines is 1. The van der Waals surface area contributed by atoms with Crippen LogP contribution in [-0.4, -0.2) is 69.6 Å². The minimum atomic E-state index is -0.805. The number of nitrogens with zero attached hydrogens (tertiary/aromatic N) is 2. The maximum Gasteiger partial charge on any atom is 0.310 e. The van der Waals surface area contributed by atoms with Gasteiger partial charge in [-0.15, -0.1) is 24.9 Å². The number of carbonyl (C=O) groups is 3. The van der Waals surface area contributed by atoms with Crippen LogP contribution in [0.2, 0.25) is 0 Å². The summed E-state index contributed by atoms with van der Waals surface area (Å²) in [6.07, 6.45) is 5.33. The van der Waals surface area contributed by atoms with Crippen molar-refractivity contribution in [2.75, 3.05) is 24.7 Å². The second-order valence-electron chi connectivity index (χ2n) is 11.1. The van der Waals surface area contributed by atoms with Crippen molar-refractivity contribution in [3.63, 3.8) is 0 Å². The van der Waals surface area contributed by atoms with Gasteiger partial charge in [-0.2, -0.15) is 0 Å². The lowest BCUT2D eigenvalue weighted by molar-refractivity contribution is -0.154. The Bertz CT molecular complexity index is 1120. The van der Waals surface area contributed by atoms with Crippen LogP contribution in [0, 0.1) is 31.6 Å². The predicted octanol–water partition coefficient (Wildman–Crippen LogP) is 4.05. The van der Waals surface area contributed by atoms with Crippen molar-refractivity contribution in [2.24, 2.45) is 17.8 Å². The second kappa shape index (κ2) is 11.3. The average Bonchev–Trinajstić information content (AvgIpc) is 3.52. The highest BCUT2D eigenvalue weighted by Gasteiger charge is 2.75. The fourth-order valence-electron chi connectivity index (χ4n) is 6.55. The van der Waals surface area contributed by atoms with Gasteiger partial charge in [0.25, 0.3) is 5.91 Å². The summed E-state index contributed by atoms with van der Waals surface area (Å²) in [6.45, 7) is 15.7. The number of carbonyl (C=O) groups excluding carboxylic acids is 3. The zero-order chi connectivity index (χ0) is 27.8. The van der Waals surface area contributed by atoms with Gasteiger partial charge in [0.2, 0.25) is 5.91 Å². The summed E-state index contributed by atoms with van der Waals surface area (Å²) >= 11 is 1.61. The van der Waals surface area contributed by atoms with E-state index in [1.54, 1.807) is 33.7 Å². The van der Waals surface area contributed by atoms with Crippen LogP contribution < -0.4 is 4.90 Å². The van der Waals surface area contributed by atoms with Crippen molar-refractivity contribution in [2.45, 2.75) is 69.0 Å². The Morgan fingerprint density at radius 2 is 2.03 bits per heavy atom. The third kappa shape index (κ3) is 4.60. The third-order valence-electron chi connectivity index (χ3n) is 8.36. The first-order chi connectivity index (χ1) is 18.1. The highest BCUT2D eigenvalue weighted by atomic mass is 32.2. The summed E-state index contributed by atoms with van der Waals surface area (Å²) in [5.74, 6) is -2.14. The number of esters is 1. The highest BCUT2D eigenvalue weighted by Crippen LogP contribution is 2.67. The van der Waals surface area contributed by atoms with E-state index < -0.39 is 28.7 Å². The van der Waals surface area contributed by atoms with E-state index in [4.69, 9.17) is 4.74 Å². The first kappa shape index (κ1) is 28.4. The van der Waals surface area contributed by atoms with Gasteiger partial charge >= 0.3 is 5.97 Å². The number of benzene rings is 1. The number of ether oxygens (including phenoxy) is 1. The molecule has 3 heterocycles. The van der Waals surface area contributed by atoms with Gasteiger partial charge in [-0.25, -0.2) is 0 Å². The van der Waals surface area contributed by atoms with Crippen LogP contribution in [0.25, 0.3) is 0 Å². The summed E-state index contributed by atoms with van der Waals surface area (Å²) < 4.78 is 4.82. The molecule has 1 aromatic carbocycles. The Morgan fingerprint density at radius 1 is 1.29 bits per heavy atom. The molecular formula is C30H40N2O5S. The Kier molecular flexibility index (Phi) is 8.43. The standard InChI is InChI=1S/C30H40N2O5S/c1-7-9-15-37-29(36)24-23-12-13-30(38-23)25(24)27(34)32(22(17-33)18(3)4)26(30)28(35)31(14-8-2)21-16-19(5)10-11-20(21)6/h7-8,10-11,16,18,22-26,33H,1-2,9,12-15,17H2,3-6H3/t22-,23+,24-,25-,26?,30?/m0/s1. The molecule has 3 aliphatic heterocycles. The number of fused-ring (bicyclic) bond motifs is 1. The smallest absolute Gasteiger partial charge is 0.310 e. The summed E-state index contributed by atoms with van der Waals surface area (Å²) in [5.41, 5.74) is 2.76. The predicted molar refractivity (Wildman–Crippen MR) is 151 cm³/mol. The molecule has 1 spiro atoms. The van der Waals surface area contributed by atoms with Crippen LogP contribution in [0.5, 0.6) is 0 Å². The number of likely N-dealkylation sites (tertiary alicyclic amines) is 1. The molecule has 3 saturated heterocycles. The fraction of sp³-hybridized carbons (Fsp3) is 0.567. The second-order valence-corrected chi connectivity index (χ2v) is 12.7. The molecule has 4 rings (SSSR count). The Morgan fingerprint density at radius 3 is 2.66 bits per heavy atom. The SMILES string of the molecule is C=CCCOC(=O)[C@@H]1[C@H]2C(=O)N([C@@H](CO)C(C)C)C(C(=O)N(CC=C)c3cc(C)ccc3C)C23CC[C@H]1S3. The van der Waals surface area contributed by atoms with E-state index >= 15 is 0 Å². The van der Waals surface area contributed by atoms with Crippen molar-refractivity contribution < 1.29 is 24.2 Å². The van der Waals surface area contributed by atoms with E-state index in [2.05, 4.69) is 13.2 Å². The molecule has 2 amide bonds. The molecule has 7 nitrogen and oxygen atoms in total. The van der Waals surface area contributed by atoms with Crippen molar-refractivity contribution in [3.8, 4) is 0 Å². The Balaban J connectivity index is 1.81. The van der Waals surface area contributed by atoms with Crippen LogP contribution in [0.4, 0.5) is 5.69 Å². The van der Waals surface area contributed by atoms with Gasteiger partial charge < -0.3 is 19.6 Å². The zero-order valence-corrected chi connectivity index (χ0v) is 23.7. The van der Waals surface area contributed by atoms with Crippen molar-refractivity contribution in [1.82, 2.24) is 4.90 Å². The number of aryl methyl sites for hydroxylation is 2. The van der Waals surface area contributed by atoms with Crippen molar-refractivity contribution in [1.29, 1.82) is 0 Å². The quantitative estimate of drug-likeness (QED) is 0.259. The van der Waals surface area contributed by atoms with Gasteiger partial charge in [0.05, 0.1) is 35.8 Å². The topological polar surface area (TPSA) is 87.1 Å². The van der Waals surface area contributed by atoms with Crippen LogP contribution in [0.3, 0.4) is 0 Å². The number of aliphatic hydroxyl groups is 1. The molecule has 1 N–H and O–H groups in total. The fourth-order valence-corrected chi connectivity index (χ4v) is 8.74. The summed E-state index contributed by atoms with van der Waals surface area (Å²) in [6, 6.07) is 4.63. The molecule has 0 radical (unpaired) electrons. The number of thioether (sulfide) groups is 1. The normalized spacial score (nSPS) is 28.4. The molecule has 0 aromatic heterocycles. The molecule has 0 saturated carbocycles. The molecule has 1 aromatic rings. The summed E-state index contributed by atoms with van der Waals surface area (Å²) in [7, 11) is 0. The molecule has 3 fully saturated rings. The number of aliphatic hydroxyl groups excluding tert-OH is 1. The maximum absolute atomic E-state index is 14.7. The van der Waals surface area contributed by atoms with Crippen molar-refractivity contribution in [3.05, 3.63) is 54.6 Å². The molecule has 0 aliphatic carbocycles. The first-order valence-corrected chi connectivity index (χ1v) is 14.4. The third-order valence-corrected chi connectivity index (χ3v) is 10.3. The van der Waals surface area contributed by atoms with Gasteiger partial charge in [0.15, 0.2) is 0 Å². The average molecular weight is 541 g/mol. The molecular weight excluding hydrogens is 500 g/mol. The van der Waals surface area contributed by atoms with Crippen LogP contribution >= 0.6 is 11.8 Å². The van der Waals surface area contributed by atoms with E-state index in [-0.39, 0.29) is 48.7 Å². The molecule has 3 aliphatic rings. The molecule has 6 atom stereocenters. The monoisotopic (exact) mass is 540 g/mol. The lowest BCUT2D eigenvalue weighted by Gasteiger charge is -2.41. The summed E-state index contributed by atoms with van der Waals surface area (Å²) in [5, 5.41) is 10.3. The van der Waals surface area contributed by atoms with E-state index in [1.807, 2.05) is 45.9 Å². The minimum absolute atomic E-state index is 0.0715. The Labute approximate surface area is 230 Å². The number of rotatable bonds is 11. The number of amides is 2. The molecule has 2 bridgehead atoms. The first-order valence-electron chi connectivity index (χ1n) is 13.5. The van der Waals surface area contributed by atoms with Gasteiger partial charge in [-0.3, -0.25) is 14.4 Å². The number of hydrogen-bond acceptors (Lipinski definition) is 6. The molecule has 206 valence electrons. The van der Waals surface area contributed by atoms with E-state index in [1.165, 1.54) is 0 Å². The van der Waals surface area contributed by atoms with Crippen LogP contribution in [0.15, 0.2) is 43.5 Å². The van der Waals surface area contributed by atoms with Gasteiger partial charge in [0, 0.05) is 17.5 Å². The molecule has 8 heteroatoms. The van der Waals surface area contributed by atoms with E-state index in [9.17, 15) is 19.5 Å². The highest BCUT2D eigenvalue weighted by molar-refractivity contribution is 8.02. The zero-order valence-electron chi connectivity index (χ0n) is 22.9.